The van der Waals surface area contributed by atoms with Crippen molar-refractivity contribution in [2.75, 3.05) is 0 Å². The molecule has 0 aliphatic rings. The summed E-state index contributed by atoms with van der Waals surface area (Å²) in [6.45, 7) is 1.90. The lowest BCUT2D eigenvalue weighted by atomic mass is 10.1. The Labute approximate surface area is 92.4 Å². The fraction of sp³-hybridized carbons (Fsp3) is 0.125. The van der Waals surface area contributed by atoms with E-state index in [1.807, 2.05) is 13.0 Å². The van der Waals surface area contributed by atoms with Gasteiger partial charge in [-0.05, 0) is 52.2 Å². The summed E-state index contributed by atoms with van der Waals surface area (Å²) in [5, 5.41) is -0.453. The number of hydrogen-bond acceptors (Lipinski definition) is 1. The summed E-state index contributed by atoms with van der Waals surface area (Å²) in [6, 6.07) is 3.60. The fourth-order valence-electron chi connectivity index (χ4n) is 0.869. The van der Waals surface area contributed by atoms with Crippen LogP contribution in [0.5, 0.6) is 0 Å². The van der Waals surface area contributed by atoms with Crippen LogP contribution >= 0.6 is 43.5 Å². The van der Waals surface area contributed by atoms with Crippen molar-refractivity contribution < 1.29 is 4.79 Å². The lowest BCUT2D eigenvalue weighted by molar-refractivity contribution is 0.108. The molecular formula is C8H5Br2ClO. The Balaban J connectivity index is 3.37. The molecule has 0 spiro atoms. The number of halogens is 3. The topological polar surface area (TPSA) is 17.1 Å². The molecule has 0 heterocycles. The zero-order valence-electron chi connectivity index (χ0n) is 6.20. The van der Waals surface area contributed by atoms with Gasteiger partial charge in [-0.3, -0.25) is 4.79 Å². The van der Waals surface area contributed by atoms with E-state index >= 15 is 0 Å². The highest BCUT2D eigenvalue weighted by Gasteiger charge is 2.09. The molecule has 0 aromatic heterocycles. The van der Waals surface area contributed by atoms with Crippen molar-refractivity contribution >= 4 is 48.7 Å². The van der Waals surface area contributed by atoms with Gasteiger partial charge in [-0.15, -0.1) is 0 Å². The third kappa shape index (κ3) is 2.09. The van der Waals surface area contributed by atoms with Gasteiger partial charge in [0.05, 0.1) is 0 Å². The molecule has 0 radical (unpaired) electrons. The van der Waals surface area contributed by atoms with E-state index in [-0.39, 0.29) is 0 Å². The molecule has 64 valence electrons. The van der Waals surface area contributed by atoms with Gasteiger partial charge in [-0.25, -0.2) is 0 Å². The second-order valence-corrected chi connectivity index (χ2v) is 4.41. The third-order valence-electron chi connectivity index (χ3n) is 1.43. The van der Waals surface area contributed by atoms with Gasteiger partial charge in [0, 0.05) is 14.5 Å². The molecule has 1 aromatic rings. The first-order chi connectivity index (χ1) is 5.52. The van der Waals surface area contributed by atoms with Crippen LogP contribution in [-0.2, 0) is 0 Å². The predicted molar refractivity (Wildman–Crippen MR) is 56.8 cm³/mol. The second-order valence-electron chi connectivity index (χ2n) is 2.36. The van der Waals surface area contributed by atoms with E-state index in [4.69, 9.17) is 11.6 Å². The molecule has 1 rings (SSSR count). The fourth-order valence-corrected chi connectivity index (χ4v) is 2.11. The van der Waals surface area contributed by atoms with Gasteiger partial charge in [-0.2, -0.15) is 0 Å². The van der Waals surface area contributed by atoms with Crippen molar-refractivity contribution in [3.63, 3.8) is 0 Å². The molecule has 4 heteroatoms. The van der Waals surface area contributed by atoms with E-state index in [1.165, 1.54) is 0 Å². The maximum absolute atomic E-state index is 10.9. The Morgan fingerprint density at radius 1 is 1.42 bits per heavy atom. The zero-order valence-corrected chi connectivity index (χ0v) is 10.1. The van der Waals surface area contributed by atoms with Crippen LogP contribution in [0.2, 0.25) is 0 Å². The Hall–Kier alpha value is 0.140. The highest BCUT2D eigenvalue weighted by atomic mass is 79.9. The quantitative estimate of drug-likeness (QED) is 0.719. The van der Waals surface area contributed by atoms with Crippen LogP contribution in [0.1, 0.15) is 15.9 Å². The van der Waals surface area contributed by atoms with Crippen LogP contribution in [0.15, 0.2) is 21.1 Å². The van der Waals surface area contributed by atoms with Crippen LogP contribution in [0.4, 0.5) is 0 Å². The molecule has 0 N–H and O–H groups in total. The van der Waals surface area contributed by atoms with Crippen molar-refractivity contribution in [2.45, 2.75) is 6.92 Å². The molecule has 0 unspecified atom stereocenters. The first kappa shape index (κ1) is 10.2. The van der Waals surface area contributed by atoms with Crippen LogP contribution in [-0.4, -0.2) is 5.24 Å². The van der Waals surface area contributed by atoms with Crippen LogP contribution in [0.3, 0.4) is 0 Å². The zero-order chi connectivity index (χ0) is 9.30. The van der Waals surface area contributed by atoms with Crippen molar-refractivity contribution in [2.24, 2.45) is 0 Å². The third-order valence-corrected chi connectivity index (χ3v) is 3.15. The maximum Gasteiger partial charge on any atom is 0.253 e. The minimum atomic E-state index is -0.453. The van der Waals surface area contributed by atoms with E-state index in [2.05, 4.69) is 31.9 Å². The summed E-state index contributed by atoms with van der Waals surface area (Å²) >= 11 is 11.9. The number of hydrogen-bond donors (Lipinski definition) is 0. The summed E-state index contributed by atoms with van der Waals surface area (Å²) in [6.07, 6.45) is 0. The molecule has 0 bridgehead atoms. The van der Waals surface area contributed by atoms with E-state index in [9.17, 15) is 4.79 Å². The number of carbonyl (C=O) groups excluding carboxylic acids is 1. The van der Waals surface area contributed by atoms with Gasteiger partial charge in [0.25, 0.3) is 5.24 Å². The first-order valence-corrected chi connectivity index (χ1v) is 5.14. The Morgan fingerprint density at radius 3 is 2.50 bits per heavy atom. The Bertz CT molecular complexity index is 336. The van der Waals surface area contributed by atoms with Gasteiger partial charge < -0.3 is 0 Å². The molecule has 1 nitrogen and oxygen atoms in total. The molecule has 12 heavy (non-hydrogen) atoms. The molecule has 0 saturated heterocycles. The van der Waals surface area contributed by atoms with Gasteiger partial charge >= 0.3 is 0 Å². The van der Waals surface area contributed by atoms with Crippen LogP contribution in [0, 0.1) is 6.92 Å². The number of benzene rings is 1. The van der Waals surface area contributed by atoms with Crippen LogP contribution < -0.4 is 0 Å². The summed E-state index contributed by atoms with van der Waals surface area (Å²) in [7, 11) is 0. The Kier molecular flexibility index (Phi) is 3.32. The van der Waals surface area contributed by atoms with E-state index in [0.29, 0.717) is 5.56 Å². The molecular weight excluding hydrogens is 307 g/mol. The molecule has 0 amide bonds. The summed E-state index contributed by atoms with van der Waals surface area (Å²) in [4.78, 5) is 10.9. The number of aryl methyl sites for hydroxylation is 1. The first-order valence-electron chi connectivity index (χ1n) is 3.18. The summed E-state index contributed by atoms with van der Waals surface area (Å²) in [5.74, 6) is 0. The molecule has 0 saturated carbocycles. The summed E-state index contributed by atoms with van der Waals surface area (Å²) < 4.78 is 1.61. The van der Waals surface area contributed by atoms with Gasteiger partial charge in [0.15, 0.2) is 0 Å². The molecule has 0 aliphatic carbocycles. The minimum Gasteiger partial charge on any atom is -0.276 e. The minimum absolute atomic E-state index is 0.453. The largest absolute Gasteiger partial charge is 0.276 e. The van der Waals surface area contributed by atoms with E-state index < -0.39 is 5.24 Å². The number of rotatable bonds is 1. The SMILES string of the molecule is Cc1cc(Br)cc(C(=O)Cl)c1Br. The molecule has 0 aliphatic heterocycles. The standard InChI is InChI=1S/C8H5Br2ClO/c1-4-2-5(9)3-6(7(4)10)8(11)12/h2-3H,1H3. The van der Waals surface area contributed by atoms with E-state index in [1.54, 1.807) is 6.07 Å². The predicted octanol–water partition coefficient (Wildman–Crippen LogP) is 3.90. The smallest absolute Gasteiger partial charge is 0.253 e. The molecule has 0 atom stereocenters. The Morgan fingerprint density at radius 2 is 2.00 bits per heavy atom. The average molecular weight is 312 g/mol. The normalized spacial score (nSPS) is 10.0. The van der Waals surface area contributed by atoms with Crippen molar-refractivity contribution in [3.05, 3.63) is 32.2 Å². The average Bonchev–Trinajstić information content (AvgIpc) is 1.96. The van der Waals surface area contributed by atoms with Gasteiger partial charge in [0.2, 0.25) is 0 Å². The van der Waals surface area contributed by atoms with Gasteiger partial charge in [0.1, 0.15) is 0 Å². The lowest BCUT2D eigenvalue weighted by Crippen LogP contribution is -1.92. The van der Waals surface area contributed by atoms with Crippen molar-refractivity contribution in [1.29, 1.82) is 0 Å². The van der Waals surface area contributed by atoms with Crippen LogP contribution in [0.25, 0.3) is 0 Å². The highest BCUT2D eigenvalue weighted by molar-refractivity contribution is 9.11. The maximum atomic E-state index is 10.9. The summed E-state index contributed by atoms with van der Waals surface area (Å²) in [5.41, 5.74) is 1.47. The molecule has 1 aromatic carbocycles. The highest BCUT2D eigenvalue weighted by Crippen LogP contribution is 2.26. The second kappa shape index (κ2) is 3.90. The number of carbonyl (C=O) groups is 1. The monoisotopic (exact) mass is 310 g/mol. The van der Waals surface area contributed by atoms with Crippen molar-refractivity contribution in [1.82, 2.24) is 0 Å². The van der Waals surface area contributed by atoms with Crippen molar-refractivity contribution in [3.8, 4) is 0 Å². The van der Waals surface area contributed by atoms with E-state index in [0.717, 1.165) is 14.5 Å². The van der Waals surface area contributed by atoms with Gasteiger partial charge in [-0.1, -0.05) is 15.9 Å². The lowest BCUT2D eigenvalue weighted by Gasteiger charge is -2.03. The molecule has 0 fully saturated rings.